The Labute approximate surface area is 478 Å². The number of quaternary nitrogens is 1. The molecule has 0 spiro atoms. The lowest BCUT2D eigenvalue weighted by Crippen LogP contribution is -2.45. The minimum atomic E-state index is -4.61. The Hall–Kier alpha value is -2.06. The lowest BCUT2D eigenvalue weighted by Gasteiger charge is -2.29. The summed E-state index contributed by atoms with van der Waals surface area (Å²) in [5, 5.41) is 14.0. The minimum absolute atomic E-state index is 0.00272. The molecule has 0 aromatic carbocycles. The zero-order chi connectivity index (χ0) is 56.3. The van der Waals surface area contributed by atoms with Crippen molar-refractivity contribution in [2.24, 2.45) is 0 Å². The molecule has 8 nitrogen and oxygen atoms in total. The minimum Gasteiger partial charge on any atom is -0.756 e. The van der Waals surface area contributed by atoms with Crippen molar-refractivity contribution in [1.29, 1.82) is 0 Å². The fraction of sp³-hybridized carbons (Fsp3) is 0.809. The number of carbonyl (C=O) groups excluding carboxylic acids is 1. The Balaban J connectivity index is 4.13. The lowest BCUT2D eigenvalue weighted by atomic mass is 10.0. The summed E-state index contributed by atoms with van der Waals surface area (Å²) >= 11 is 0. The first kappa shape index (κ1) is 74.9. The quantitative estimate of drug-likeness (QED) is 0.0272. The molecule has 0 saturated carbocycles. The highest BCUT2D eigenvalue weighted by Crippen LogP contribution is 2.38. The fourth-order valence-corrected chi connectivity index (χ4v) is 10.3. The van der Waals surface area contributed by atoms with E-state index < -0.39 is 20.0 Å². The summed E-state index contributed by atoms with van der Waals surface area (Å²) in [5.74, 6) is -0.197. The number of phosphoric ester groups is 1. The van der Waals surface area contributed by atoms with Gasteiger partial charge in [0.15, 0.2) is 0 Å². The molecule has 0 radical (unpaired) electrons. The molecule has 77 heavy (non-hydrogen) atoms. The van der Waals surface area contributed by atoms with Gasteiger partial charge in [-0.2, -0.15) is 0 Å². The van der Waals surface area contributed by atoms with Crippen molar-refractivity contribution in [3.8, 4) is 0 Å². The van der Waals surface area contributed by atoms with Crippen LogP contribution in [0.4, 0.5) is 0 Å². The zero-order valence-corrected chi connectivity index (χ0v) is 52.3. The molecule has 450 valence electrons. The number of rotatable bonds is 60. The van der Waals surface area contributed by atoms with Gasteiger partial charge in [-0.1, -0.05) is 305 Å². The Morgan fingerprint density at radius 3 is 1.16 bits per heavy atom. The average molecular weight is 1100 g/mol. The number of nitrogens with zero attached hydrogens (tertiary/aromatic N) is 1. The molecule has 0 aromatic rings. The molecule has 0 saturated heterocycles. The number of hydrogen-bond donors (Lipinski definition) is 2. The zero-order valence-electron chi connectivity index (χ0n) is 51.4. The van der Waals surface area contributed by atoms with Gasteiger partial charge in [-0.3, -0.25) is 9.36 Å². The van der Waals surface area contributed by atoms with Crippen molar-refractivity contribution in [2.45, 2.75) is 315 Å². The van der Waals surface area contributed by atoms with E-state index in [2.05, 4.69) is 79.9 Å². The Kier molecular flexibility index (Phi) is 57.0. The Morgan fingerprint density at radius 1 is 0.468 bits per heavy atom. The van der Waals surface area contributed by atoms with Gasteiger partial charge >= 0.3 is 0 Å². The second-order valence-electron chi connectivity index (χ2n) is 23.4. The molecular weight excluding hydrogens is 972 g/mol. The molecule has 0 aliphatic carbocycles. The summed E-state index contributed by atoms with van der Waals surface area (Å²) in [7, 11) is 1.26. The van der Waals surface area contributed by atoms with E-state index in [1.807, 2.05) is 27.2 Å². The normalized spacial score (nSPS) is 14.2. The topological polar surface area (TPSA) is 108 Å². The van der Waals surface area contributed by atoms with Gasteiger partial charge in [0.25, 0.3) is 7.82 Å². The van der Waals surface area contributed by atoms with Crippen LogP contribution in [0.5, 0.6) is 0 Å². The van der Waals surface area contributed by atoms with Crippen molar-refractivity contribution in [2.75, 3.05) is 40.9 Å². The van der Waals surface area contributed by atoms with Gasteiger partial charge in [0.1, 0.15) is 13.2 Å². The van der Waals surface area contributed by atoms with Crippen LogP contribution in [0.15, 0.2) is 72.9 Å². The third-order valence-corrected chi connectivity index (χ3v) is 15.6. The lowest BCUT2D eigenvalue weighted by molar-refractivity contribution is -0.870. The molecule has 0 heterocycles. The summed E-state index contributed by atoms with van der Waals surface area (Å²) in [6.45, 7) is 4.57. The molecular formula is C68H127N2O6P. The van der Waals surface area contributed by atoms with Crippen LogP contribution in [0, 0.1) is 0 Å². The van der Waals surface area contributed by atoms with Crippen molar-refractivity contribution in [3.05, 3.63) is 72.9 Å². The maximum atomic E-state index is 13.0. The van der Waals surface area contributed by atoms with E-state index in [0.29, 0.717) is 17.4 Å². The van der Waals surface area contributed by atoms with Gasteiger partial charge in [0.2, 0.25) is 5.91 Å². The van der Waals surface area contributed by atoms with Crippen LogP contribution in [-0.2, 0) is 18.4 Å². The monoisotopic (exact) mass is 1100 g/mol. The molecule has 0 fully saturated rings. The molecule has 0 bridgehead atoms. The SMILES string of the molecule is CC/C=C\C/C=C\C/C=C\C/C=C\C/C=C\CCCCCCCCCCCCCCCC(=O)NC(COP(=O)([O-])OCC[N+](C)(C)C)C(O)/C=C/CCCCCCCCCCCCCCCCCCCCCCCCCC. The largest absolute Gasteiger partial charge is 0.756 e. The maximum absolute atomic E-state index is 13.0. The van der Waals surface area contributed by atoms with Crippen molar-refractivity contribution >= 4 is 13.7 Å². The average Bonchev–Trinajstić information content (AvgIpc) is 3.39. The van der Waals surface area contributed by atoms with E-state index in [-0.39, 0.29) is 19.1 Å². The summed E-state index contributed by atoms with van der Waals surface area (Å²) in [4.78, 5) is 25.6. The highest BCUT2D eigenvalue weighted by atomic mass is 31.2. The number of unbranched alkanes of at least 4 members (excludes halogenated alkanes) is 37. The molecule has 9 heteroatoms. The number of aliphatic hydroxyl groups excluding tert-OH is 1. The van der Waals surface area contributed by atoms with Gasteiger partial charge in [-0.15, -0.1) is 0 Å². The second kappa shape index (κ2) is 58.6. The van der Waals surface area contributed by atoms with Crippen LogP contribution >= 0.6 is 7.82 Å². The van der Waals surface area contributed by atoms with E-state index in [0.717, 1.165) is 70.6 Å². The number of aliphatic hydroxyl groups is 1. The Bertz CT molecular complexity index is 1480. The number of carbonyl (C=O) groups is 1. The van der Waals surface area contributed by atoms with E-state index in [9.17, 15) is 19.4 Å². The van der Waals surface area contributed by atoms with Crippen LogP contribution in [0.2, 0.25) is 0 Å². The smallest absolute Gasteiger partial charge is 0.268 e. The first-order valence-electron chi connectivity index (χ1n) is 32.8. The van der Waals surface area contributed by atoms with E-state index in [4.69, 9.17) is 9.05 Å². The van der Waals surface area contributed by atoms with Gasteiger partial charge in [0, 0.05) is 6.42 Å². The van der Waals surface area contributed by atoms with E-state index in [1.54, 1.807) is 6.08 Å². The third-order valence-electron chi connectivity index (χ3n) is 14.7. The van der Waals surface area contributed by atoms with Gasteiger partial charge < -0.3 is 28.8 Å². The standard InChI is InChI=1S/C68H127N2O6P/c1-6-8-10-12-14-16-18-20-22-24-26-28-30-32-34-35-36-38-40-42-44-46-48-50-52-54-56-58-60-62-68(72)69-66(65-76-77(73,74)75-64-63-70(3,4)5)67(71)61-59-57-55-53-51-49-47-45-43-41-39-37-33-31-29-27-25-23-21-19-17-15-13-11-9-7-2/h8,10,14,16,20,22,26,28,32,34,59,61,66-67,71H,6-7,9,11-13,15,17-19,21,23-25,27,29-31,33,35-58,60,62-65H2,1-5H3,(H-,69,72,73,74)/b10-8-,16-14-,22-20-,28-26-,34-32-,61-59+. The molecule has 0 aliphatic rings. The number of amides is 1. The maximum Gasteiger partial charge on any atom is 0.268 e. The number of likely N-dealkylation sites (N-methyl/N-ethyl adjacent to an activating group) is 1. The molecule has 1 amide bonds. The summed E-state index contributed by atoms with van der Waals surface area (Å²) < 4.78 is 23.4. The summed E-state index contributed by atoms with van der Waals surface area (Å²) in [6, 6.07) is -0.892. The molecule has 2 N–H and O–H groups in total. The van der Waals surface area contributed by atoms with Crippen molar-refractivity contribution < 1.29 is 32.9 Å². The van der Waals surface area contributed by atoms with Crippen LogP contribution in [0.25, 0.3) is 0 Å². The number of nitrogens with one attached hydrogen (secondary N) is 1. The second-order valence-corrected chi connectivity index (χ2v) is 24.9. The van der Waals surface area contributed by atoms with E-state index in [1.165, 1.54) is 212 Å². The summed E-state index contributed by atoms with van der Waals surface area (Å²) in [6.07, 6.45) is 81.4. The van der Waals surface area contributed by atoms with Gasteiger partial charge in [0.05, 0.1) is 39.9 Å². The molecule has 3 atom stereocenters. The van der Waals surface area contributed by atoms with Crippen molar-refractivity contribution in [1.82, 2.24) is 5.32 Å². The van der Waals surface area contributed by atoms with Crippen LogP contribution < -0.4 is 10.2 Å². The predicted molar refractivity (Wildman–Crippen MR) is 334 cm³/mol. The molecule has 0 aromatic heterocycles. The van der Waals surface area contributed by atoms with Gasteiger partial charge in [-0.05, 0) is 64.2 Å². The first-order valence-corrected chi connectivity index (χ1v) is 34.3. The number of hydrogen-bond acceptors (Lipinski definition) is 6. The number of phosphoric acid groups is 1. The van der Waals surface area contributed by atoms with Crippen LogP contribution in [0.3, 0.4) is 0 Å². The van der Waals surface area contributed by atoms with Crippen molar-refractivity contribution in [3.63, 3.8) is 0 Å². The Morgan fingerprint density at radius 2 is 0.792 bits per heavy atom. The summed E-state index contributed by atoms with van der Waals surface area (Å²) in [5.41, 5.74) is 0. The fourth-order valence-electron chi connectivity index (χ4n) is 9.60. The van der Waals surface area contributed by atoms with Gasteiger partial charge in [-0.25, -0.2) is 0 Å². The highest BCUT2D eigenvalue weighted by molar-refractivity contribution is 7.45. The predicted octanol–water partition coefficient (Wildman–Crippen LogP) is 20.0. The molecule has 3 unspecified atom stereocenters. The first-order chi connectivity index (χ1) is 37.5. The van der Waals surface area contributed by atoms with Crippen LogP contribution in [0.1, 0.15) is 303 Å². The number of allylic oxidation sites excluding steroid dienone is 11. The highest BCUT2D eigenvalue weighted by Gasteiger charge is 2.23. The third kappa shape index (κ3) is 61.4. The van der Waals surface area contributed by atoms with Crippen LogP contribution in [-0.4, -0.2) is 68.5 Å². The van der Waals surface area contributed by atoms with E-state index >= 15 is 0 Å². The molecule has 0 aliphatic heterocycles. The molecule has 0 rings (SSSR count).